The van der Waals surface area contributed by atoms with Crippen LogP contribution in [0.4, 0.5) is 5.69 Å². The van der Waals surface area contributed by atoms with E-state index in [1.54, 1.807) is 41.2 Å². The number of aromatic nitrogens is 5. The topological polar surface area (TPSA) is 118 Å². The summed E-state index contributed by atoms with van der Waals surface area (Å²) in [7, 11) is 1.73. The second-order valence-corrected chi connectivity index (χ2v) is 7.53. The monoisotopic (exact) mass is 419 g/mol. The third-order valence-corrected chi connectivity index (χ3v) is 5.35. The number of anilines is 1. The van der Waals surface area contributed by atoms with Gasteiger partial charge in [-0.1, -0.05) is 0 Å². The number of aryl methyl sites for hydroxylation is 1. The van der Waals surface area contributed by atoms with Crippen LogP contribution in [0.15, 0.2) is 24.5 Å². The fraction of sp³-hybridized carbons (Fsp3) is 0.286. The molecule has 158 valence electrons. The summed E-state index contributed by atoms with van der Waals surface area (Å²) in [6.07, 6.45) is 4.94. The fourth-order valence-electron chi connectivity index (χ4n) is 3.74. The molecule has 0 saturated heterocycles. The molecule has 3 aromatic rings. The lowest BCUT2D eigenvalue weighted by molar-refractivity contribution is -0.110. The van der Waals surface area contributed by atoms with Crippen molar-refractivity contribution < 1.29 is 14.3 Å². The zero-order valence-electron chi connectivity index (χ0n) is 17.2. The molecule has 0 aliphatic carbocycles. The van der Waals surface area contributed by atoms with E-state index in [0.29, 0.717) is 60.3 Å². The average Bonchev–Trinajstić information content (AvgIpc) is 3.44. The van der Waals surface area contributed by atoms with Gasteiger partial charge in [0.05, 0.1) is 48.5 Å². The Balaban J connectivity index is 1.67. The Hall–Kier alpha value is -3.79. The summed E-state index contributed by atoms with van der Waals surface area (Å²) in [4.78, 5) is 39.6. The van der Waals surface area contributed by atoms with Crippen molar-refractivity contribution in [1.29, 1.82) is 0 Å². The minimum atomic E-state index is -0.288. The van der Waals surface area contributed by atoms with Crippen molar-refractivity contribution in [3.8, 4) is 11.5 Å². The Morgan fingerprint density at radius 3 is 2.90 bits per heavy atom. The molecule has 31 heavy (non-hydrogen) atoms. The van der Waals surface area contributed by atoms with Gasteiger partial charge in [-0.25, -0.2) is 9.97 Å². The van der Waals surface area contributed by atoms with Crippen molar-refractivity contribution in [2.75, 3.05) is 32.1 Å². The molecule has 0 radical (unpaired) electrons. The first-order chi connectivity index (χ1) is 15.0. The predicted octanol–water partition coefficient (Wildman–Crippen LogP) is 1.57. The van der Waals surface area contributed by atoms with Crippen LogP contribution >= 0.6 is 0 Å². The molecule has 0 saturated carbocycles. The van der Waals surface area contributed by atoms with Gasteiger partial charge in [-0.15, -0.1) is 0 Å². The summed E-state index contributed by atoms with van der Waals surface area (Å²) in [5.74, 6) is 0.0242. The van der Waals surface area contributed by atoms with E-state index in [2.05, 4.69) is 25.4 Å². The standard InChI is InChI=1S/C21H21N7O3/c1-12-9-13-15(24-12)10-14-18-16(25-20(14)29)11-22-19(26-18)17-3-4-23-28(17)6-8-31-7-5-27(2)21(13)30/h3-4,9-11,24H,5-8H2,1-2H3,(H,25,29)/b14-10-. The van der Waals surface area contributed by atoms with Gasteiger partial charge in [-0.05, 0) is 25.1 Å². The van der Waals surface area contributed by atoms with Crippen molar-refractivity contribution >= 4 is 29.2 Å². The third-order valence-electron chi connectivity index (χ3n) is 5.35. The van der Waals surface area contributed by atoms with Crippen LogP contribution in [0.1, 0.15) is 27.4 Å². The maximum atomic E-state index is 13.0. The van der Waals surface area contributed by atoms with Crippen LogP contribution in [0.25, 0.3) is 23.2 Å². The number of amides is 2. The van der Waals surface area contributed by atoms with Gasteiger partial charge in [-0.2, -0.15) is 5.10 Å². The fourth-order valence-corrected chi connectivity index (χ4v) is 3.74. The second kappa shape index (κ2) is 7.47. The van der Waals surface area contributed by atoms with Crippen LogP contribution in [0, 0.1) is 6.92 Å². The number of hydrogen-bond acceptors (Lipinski definition) is 6. The van der Waals surface area contributed by atoms with Crippen molar-refractivity contribution in [2.45, 2.75) is 13.5 Å². The summed E-state index contributed by atoms with van der Waals surface area (Å²) in [6.45, 7) is 3.66. The minimum absolute atomic E-state index is 0.150. The molecule has 5 rings (SSSR count). The van der Waals surface area contributed by atoms with Crippen molar-refractivity contribution in [3.05, 3.63) is 47.2 Å². The molecule has 10 heteroatoms. The highest BCUT2D eigenvalue weighted by Crippen LogP contribution is 2.33. The molecule has 0 spiro atoms. The molecule has 2 bridgehead atoms. The SMILES string of the molecule is Cc1cc2c([nH]1)/C=C1\C(=O)Nc3cnc(nc31)-c1ccnn1CCOCCN(C)C2=O. The number of likely N-dealkylation sites (N-methyl/N-ethyl adjacent to an activating group) is 1. The number of carbonyl (C=O) groups excluding carboxylic acids is 2. The van der Waals surface area contributed by atoms with Gasteiger partial charge in [-0.3, -0.25) is 14.3 Å². The van der Waals surface area contributed by atoms with E-state index < -0.39 is 0 Å². The maximum Gasteiger partial charge on any atom is 0.258 e. The first-order valence-electron chi connectivity index (χ1n) is 9.97. The third kappa shape index (κ3) is 3.40. The van der Waals surface area contributed by atoms with Crippen molar-refractivity contribution in [3.63, 3.8) is 0 Å². The van der Waals surface area contributed by atoms with Crippen LogP contribution in [-0.2, 0) is 16.1 Å². The zero-order valence-corrected chi connectivity index (χ0v) is 17.2. The second-order valence-electron chi connectivity index (χ2n) is 7.53. The number of carbonyl (C=O) groups is 2. The van der Waals surface area contributed by atoms with Gasteiger partial charge in [0.15, 0.2) is 5.82 Å². The van der Waals surface area contributed by atoms with Gasteiger partial charge < -0.3 is 19.9 Å². The molecule has 2 N–H and O–H groups in total. The molecule has 5 heterocycles. The van der Waals surface area contributed by atoms with Crippen molar-refractivity contribution in [2.24, 2.45) is 0 Å². The van der Waals surface area contributed by atoms with Crippen LogP contribution in [-0.4, -0.2) is 68.3 Å². The van der Waals surface area contributed by atoms with Crippen LogP contribution in [0.2, 0.25) is 0 Å². The number of hydrogen-bond donors (Lipinski definition) is 2. The average molecular weight is 419 g/mol. The highest BCUT2D eigenvalue weighted by molar-refractivity contribution is 6.34. The summed E-state index contributed by atoms with van der Waals surface area (Å²) in [5, 5.41) is 7.13. The number of nitrogens with one attached hydrogen (secondary N) is 2. The molecular weight excluding hydrogens is 398 g/mol. The highest BCUT2D eigenvalue weighted by atomic mass is 16.5. The molecule has 3 aromatic heterocycles. The molecule has 0 aromatic carbocycles. The number of aromatic amines is 1. The van der Waals surface area contributed by atoms with E-state index >= 15 is 0 Å². The van der Waals surface area contributed by atoms with E-state index in [9.17, 15) is 9.59 Å². The smallest absolute Gasteiger partial charge is 0.258 e. The lowest BCUT2D eigenvalue weighted by atomic mass is 10.1. The number of H-pyrrole nitrogens is 1. The van der Waals surface area contributed by atoms with Gasteiger partial charge >= 0.3 is 0 Å². The van der Waals surface area contributed by atoms with E-state index in [0.717, 1.165) is 11.4 Å². The molecule has 10 nitrogen and oxygen atoms in total. The molecular formula is C21H21N7O3. The first-order valence-corrected chi connectivity index (χ1v) is 9.97. The maximum absolute atomic E-state index is 13.0. The number of rotatable bonds is 0. The van der Waals surface area contributed by atoms with Crippen molar-refractivity contribution in [1.82, 2.24) is 29.6 Å². The molecule has 0 unspecified atom stereocenters. The Morgan fingerprint density at radius 1 is 1.19 bits per heavy atom. The molecule has 0 atom stereocenters. The molecule has 2 amide bonds. The molecule has 2 aliphatic rings. The largest absolute Gasteiger partial charge is 0.378 e. The predicted molar refractivity (Wildman–Crippen MR) is 113 cm³/mol. The van der Waals surface area contributed by atoms with Crippen LogP contribution in [0.5, 0.6) is 0 Å². The lowest BCUT2D eigenvalue weighted by Gasteiger charge is -2.17. The highest BCUT2D eigenvalue weighted by Gasteiger charge is 2.29. The van der Waals surface area contributed by atoms with Crippen LogP contribution < -0.4 is 5.32 Å². The summed E-state index contributed by atoms with van der Waals surface area (Å²) in [6, 6.07) is 3.62. The Kier molecular flexibility index (Phi) is 4.63. The van der Waals surface area contributed by atoms with E-state index in [1.165, 1.54) is 0 Å². The zero-order chi connectivity index (χ0) is 21.5. The van der Waals surface area contributed by atoms with E-state index in [-0.39, 0.29) is 11.8 Å². The first kappa shape index (κ1) is 19.2. The van der Waals surface area contributed by atoms with Gasteiger partial charge in [0.25, 0.3) is 11.8 Å². The summed E-state index contributed by atoms with van der Waals surface area (Å²) in [5.41, 5.74) is 4.01. The Bertz CT molecular complexity index is 1220. The quantitative estimate of drug-likeness (QED) is 0.571. The lowest BCUT2D eigenvalue weighted by Crippen LogP contribution is -2.30. The summed E-state index contributed by atoms with van der Waals surface area (Å²) < 4.78 is 7.48. The van der Waals surface area contributed by atoms with Gasteiger partial charge in [0, 0.05) is 25.5 Å². The van der Waals surface area contributed by atoms with Crippen LogP contribution in [0.3, 0.4) is 0 Å². The number of nitrogens with zero attached hydrogens (tertiary/aromatic N) is 5. The Morgan fingerprint density at radius 2 is 2.03 bits per heavy atom. The van der Waals surface area contributed by atoms with Gasteiger partial charge in [0.1, 0.15) is 11.4 Å². The van der Waals surface area contributed by atoms with Gasteiger partial charge in [0.2, 0.25) is 0 Å². The normalized spacial score (nSPS) is 18.3. The minimum Gasteiger partial charge on any atom is -0.378 e. The van der Waals surface area contributed by atoms with E-state index in [1.807, 2.05) is 13.0 Å². The number of fused-ring (bicyclic) bond motifs is 4. The van der Waals surface area contributed by atoms with E-state index in [4.69, 9.17) is 4.74 Å². The Labute approximate surface area is 177 Å². The number of ether oxygens (including phenoxy) is 1. The summed E-state index contributed by atoms with van der Waals surface area (Å²) >= 11 is 0. The molecule has 2 aliphatic heterocycles. The molecule has 0 fully saturated rings.